The predicted octanol–water partition coefficient (Wildman–Crippen LogP) is 4.60. The van der Waals surface area contributed by atoms with Crippen molar-refractivity contribution in [2.75, 3.05) is 12.9 Å². The molecule has 124 valence electrons. The summed E-state index contributed by atoms with van der Waals surface area (Å²) in [6.45, 7) is 2.04. The molecule has 0 atom stereocenters. The third-order valence-electron chi connectivity index (χ3n) is 3.37. The lowest BCUT2D eigenvalue weighted by Crippen LogP contribution is -2.06. The van der Waals surface area contributed by atoms with Gasteiger partial charge in [-0.2, -0.15) is 5.10 Å². The Morgan fingerprint density at radius 2 is 2.12 bits per heavy atom. The summed E-state index contributed by atoms with van der Waals surface area (Å²) in [5.74, 6) is -0.441. The minimum absolute atomic E-state index is 0.284. The molecule has 0 saturated carbocycles. The van der Waals surface area contributed by atoms with Crippen molar-refractivity contribution in [3.05, 3.63) is 46.1 Å². The van der Waals surface area contributed by atoms with Crippen LogP contribution in [-0.2, 0) is 4.74 Å². The van der Waals surface area contributed by atoms with Gasteiger partial charge in [0.05, 0.1) is 17.3 Å². The Bertz CT molecular complexity index is 927. The molecular weight excluding hydrogens is 369 g/mol. The molecule has 0 saturated heterocycles. The van der Waals surface area contributed by atoms with Gasteiger partial charge in [-0.05, 0) is 37.4 Å². The van der Waals surface area contributed by atoms with Crippen molar-refractivity contribution < 1.29 is 9.53 Å². The van der Waals surface area contributed by atoms with Crippen molar-refractivity contribution in [2.45, 2.75) is 11.9 Å². The zero-order chi connectivity index (χ0) is 17.3. The minimum atomic E-state index is -0.441. The lowest BCUT2D eigenvalue weighted by Gasteiger charge is -2.07. The topological polar surface area (TPSA) is 56.5 Å². The SMILES string of the molecule is CCOC(=O)c1c(SC)nn2c(-c3ccc(Cl)cc3Cl)ccnc12. The largest absolute Gasteiger partial charge is 0.462 e. The molecule has 2 heterocycles. The maximum Gasteiger partial charge on any atom is 0.344 e. The van der Waals surface area contributed by atoms with Gasteiger partial charge < -0.3 is 4.74 Å². The van der Waals surface area contributed by atoms with Gasteiger partial charge in [0.25, 0.3) is 0 Å². The molecule has 0 spiro atoms. The van der Waals surface area contributed by atoms with Crippen molar-refractivity contribution in [2.24, 2.45) is 0 Å². The number of thioether (sulfide) groups is 1. The van der Waals surface area contributed by atoms with Crippen molar-refractivity contribution in [1.82, 2.24) is 14.6 Å². The van der Waals surface area contributed by atoms with Gasteiger partial charge in [0.2, 0.25) is 0 Å². The Labute approximate surface area is 152 Å². The van der Waals surface area contributed by atoms with E-state index in [1.807, 2.05) is 12.3 Å². The Balaban J connectivity index is 2.26. The van der Waals surface area contributed by atoms with E-state index in [1.54, 1.807) is 35.8 Å². The van der Waals surface area contributed by atoms with Crippen LogP contribution in [0.1, 0.15) is 17.3 Å². The highest BCUT2D eigenvalue weighted by Gasteiger charge is 2.23. The number of aromatic nitrogens is 3. The second kappa shape index (κ2) is 7.01. The number of carbonyl (C=O) groups is 1. The fourth-order valence-corrected chi connectivity index (χ4v) is 3.40. The summed E-state index contributed by atoms with van der Waals surface area (Å²) in [4.78, 5) is 16.6. The normalized spacial score (nSPS) is 11.0. The molecule has 0 N–H and O–H groups in total. The number of esters is 1. The minimum Gasteiger partial charge on any atom is -0.462 e. The number of halogens is 2. The van der Waals surface area contributed by atoms with Crippen LogP contribution in [0.15, 0.2) is 35.5 Å². The van der Waals surface area contributed by atoms with E-state index in [4.69, 9.17) is 27.9 Å². The summed E-state index contributed by atoms with van der Waals surface area (Å²) in [5.41, 5.74) is 2.25. The molecule has 0 aliphatic rings. The first-order valence-electron chi connectivity index (χ1n) is 7.11. The van der Waals surface area contributed by atoms with Crippen LogP contribution in [0.4, 0.5) is 0 Å². The maximum absolute atomic E-state index is 12.3. The molecule has 2 aromatic heterocycles. The highest BCUT2D eigenvalue weighted by molar-refractivity contribution is 7.98. The van der Waals surface area contributed by atoms with Gasteiger partial charge >= 0.3 is 5.97 Å². The van der Waals surface area contributed by atoms with Gasteiger partial charge in [-0.1, -0.05) is 23.2 Å². The summed E-state index contributed by atoms with van der Waals surface area (Å²) < 4.78 is 6.74. The molecule has 24 heavy (non-hydrogen) atoms. The second-order valence-electron chi connectivity index (χ2n) is 4.79. The average molecular weight is 382 g/mol. The molecule has 3 rings (SSSR count). The Hall–Kier alpha value is -1.76. The Kier molecular flexibility index (Phi) is 4.99. The molecule has 0 unspecified atom stereocenters. The number of hydrogen-bond donors (Lipinski definition) is 0. The first-order chi connectivity index (χ1) is 11.6. The monoisotopic (exact) mass is 381 g/mol. The van der Waals surface area contributed by atoms with Gasteiger partial charge in [0, 0.05) is 16.8 Å². The number of benzene rings is 1. The smallest absolute Gasteiger partial charge is 0.344 e. The second-order valence-corrected chi connectivity index (χ2v) is 6.43. The highest BCUT2D eigenvalue weighted by Crippen LogP contribution is 2.32. The first-order valence-corrected chi connectivity index (χ1v) is 9.09. The van der Waals surface area contributed by atoms with E-state index in [9.17, 15) is 4.79 Å². The van der Waals surface area contributed by atoms with Gasteiger partial charge in [-0.15, -0.1) is 11.8 Å². The summed E-state index contributed by atoms with van der Waals surface area (Å²) in [6, 6.07) is 7.01. The van der Waals surface area contributed by atoms with Crippen LogP contribution in [-0.4, -0.2) is 33.4 Å². The molecule has 0 amide bonds. The Morgan fingerprint density at radius 3 is 2.79 bits per heavy atom. The van der Waals surface area contributed by atoms with Crippen LogP contribution < -0.4 is 0 Å². The maximum atomic E-state index is 12.3. The molecule has 5 nitrogen and oxygen atoms in total. The number of fused-ring (bicyclic) bond motifs is 1. The van der Waals surface area contributed by atoms with Gasteiger partial charge in [-0.25, -0.2) is 14.3 Å². The van der Waals surface area contributed by atoms with E-state index in [0.717, 1.165) is 5.56 Å². The molecule has 0 fully saturated rings. The molecule has 0 aliphatic heterocycles. The third-order valence-corrected chi connectivity index (χ3v) is 4.59. The van der Waals surface area contributed by atoms with Crippen LogP contribution in [0.5, 0.6) is 0 Å². The summed E-state index contributed by atoms with van der Waals surface area (Å²) in [7, 11) is 0. The van der Waals surface area contributed by atoms with Gasteiger partial charge in [0.15, 0.2) is 5.65 Å². The van der Waals surface area contributed by atoms with Crippen molar-refractivity contribution in [3.8, 4) is 11.3 Å². The molecule has 0 aliphatic carbocycles. The lowest BCUT2D eigenvalue weighted by atomic mass is 10.1. The number of ether oxygens (including phenoxy) is 1. The van der Waals surface area contributed by atoms with Crippen LogP contribution in [0.2, 0.25) is 10.0 Å². The van der Waals surface area contributed by atoms with Crippen LogP contribution in [0.25, 0.3) is 16.9 Å². The van der Waals surface area contributed by atoms with Crippen molar-refractivity contribution >= 4 is 46.6 Å². The Morgan fingerprint density at radius 1 is 1.33 bits per heavy atom. The van der Waals surface area contributed by atoms with Crippen molar-refractivity contribution in [3.63, 3.8) is 0 Å². The number of carbonyl (C=O) groups excluding carboxylic acids is 1. The lowest BCUT2D eigenvalue weighted by molar-refractivity contribution is 0.0524. The predicted molar refractivity (Wildman–Crippen MR) is 96.2 cm³/mol. The summed E-state index contributed by atoms with van der Waals surface area (Å²) in [5, 5.41) is 6.10. The number of hydrogen-bond acceptors (Lipinski definition) is 5. The zero-order valence-corrected chi connectivity index (χ0v) is 15.2. The van der Waals surface area contributed by atoms with E-state index in [2.05, 4.69) is 10.1 Å². The molecule has 0 bridgehead atoms. The summed E-state index contributed by atoms with van der Waals surface area (Å²) in [6.07, 6.45) is 3.46. The third kappa shape index (κ3) is 2.97. The van der Waals surface area contributed by atoms with Crippen LogP contribution >= 0.6 is 35.0 Å². The summed E-state index contributed by atoms with van der Waals surface area (Å²) >= 11 is 13.6. The molecule has 1 aromatic carbocycles. The zero-order valence-electron chi connectivity index (χ0n) is 12.9. The molecule has 3 aromatic rings. The highest BCUT2D eigenvalue weighted by atomic mass is 35.5. The quantitative estimate of drug-likeness (QED) is 0.488. The van der Waals surface area contributed by atoms with Gasteiger partial charge in [0.1, 0.15) is 10.6 Å². The van der Waals surface area contributed by atoms with E-state index >= 15 is 0 Å². The van der Waals surface area contributed by atoms with Crippen LogP contribution in [0, 0.1) is 0 Å². The standard InChI is InChI=1S/C16H13Cl2N3O2S/c1-3-23-16(22)13-14-19-7-6-12(21(14)20-15(13)24-2)10-5-4-9(17)8-11(10)18/h4-8H,3H2,1-2H3. The van der Waals surface area contributed by atoms with Crippen LogP contribution in [0.3, 0.4) is 0 Å². The number of rotatable bonds is 4. The molecular formula is C16H13Cl2N3O2S. The first kappa shape index (κ1) is 17.1. The fourth-order valence-electron chi connectivity index (χ4n) is 2.35. The van der Waals surface area contributed by atoms with E-state index < -0.39 is 5.97 Å². The van der Waals surface area contributed by atoms with E-state index in [1.165, 1.54) is 11.8 Å². The fraction of sp³-hybridized carbons (Fsp3) is 0.188. The van der Waals surface area contributed by atoms with E-state index in [-0.39, 0.29) is 6.61 Å². The van der Waals surface area contributed by atoms with Crippen molar-refractivity contribution in [1.29, 1.82) is 0 Å². The molecule has 0 radical (unpaired) electrons. The number of nitrogens with zero attached hydrogens (tertiary/aromatic N) is 3. The van der Waals surface area contributed by atoms with Gasteiger partial charge in [-0.3, -0.25) is 0 Å². The average Bonchev–Trinajstić information content (AvgIpc) is 2.94. The van der Waals surface area contributed by atoms with E-state index in [0.29, 0.717) is 32.0 Å². The molecule has 8 heteroatoms.